The third-order valence-electron chi connectivity index (χ3n) is 0. The average molecular weight is 437 g/mol. The Bertz CT molecular complexity index is 8.00. The monoisotopic (exact) mass is 434 g/mol. The van der Waals surface area contributed by atoms with E-state index in [2.05, 4.69) is 39.1 Å². The molecule has 0 aromatic rings. The first-order chi connectivity index (χ1) is 1.73. The second kappa shape index (κ2) is 3.37. The van der Waals surface area contributed by atoms with Crippen molar-refractivity contribution in [2.45, 2.75) is 0 Å². The van der Waals surface area contributed by atoms with Gasteiger partial charge in [0.05, 0.1) is 0 Å². The molecule has 0 rings (SSSR count). The van der Waals surface area contributed by atoms with Crippen LogP contribution in [0.3, 0.4) is 0 Å². The minimum atomic E-state index is -0.766. The van der Waals surface area contributed by atoms with Gasteiger partial charge in [-0.05, 0) is 0 Å². The van der Waals surface area contributed by atoms with Crippen molar-refractivity contribution in [1.82, 2.24) is 0 Å². The van der Waals surface area contributed by atoms with E-state index in [1.807, 2.05) is 0 Å². The van der Waals surface area contributed by atoms with Crippen LogP contribution >= 0.6 is 39.1 Å². The molecule has 0 aliphatic heterocycles. The first-order valence-corrected chi connectivity index (χ1v) is 14.5. The van der Waals surface area contributed by atoms with Gasteiger partial charge in [-0.1, -0.05) is 0 Å². The van der Waals surface area contributed by atoms with Crippen LogP contribution in [0.5, 0.6) is 0 Å². The predicted octanol–water partition coefficient (Wildman–Crippen LogP) is 2.53. The van der Waals surface area contributed by atoms with Gasteiger partial charge in [-0.2, -0.15) is 0 Å². The molecule has 0 saturated carbocycles. The molecule has 4 heteroatoms. The van der Waals surface area contributed by atoms with Crippen molar-refractivity contribution in [2.75, 3.05) is 0 Å². The van der Waals surface area contributed by atoms with Crippen LogP contribution < -0.4 is 0 Å². The molecule has 0 aliphatic carbocycles. The third-order valence-corrected chi connectivity index (χ3v) is 0. The summed E-state index contributed by atoms with van der Waals surface area (Å²) < 4.78 is 0. The quantitative estimate of drug-likeness (QED) is 0.512. The molecule has 0 unspecified atom stereocenters. The summed E-state index contributed by atoms with van der Waals surface area (Å²) in [5.74, 6) is 0. The van der Waals surface area contributed by atoms with E-state index < -0.39 is 12.0 Å². The molecular formula is AuBr3. The van der Waals surface area contributed by atoms with E-state index >= 15 is 0 Å². The van der Waals surface area contributed by atoms with E-state index in [0.29, 0.717) is 0 Å². The molecule has 0 N–H and O–H groups in total. The molecule has 0 amide bonds. The number of halogens is 3. The molecule has 0 fully saturated rings. The van der Waals surface area contributed by atoms with Crippen LogP contribution in [0.25, 0.3) is 0 Å². The summed E-state index contributed by atoms with van der Waals surface area (Å²) in [4.78, 5) is 0. The zero-order chi connectivity index (χ0) is 3.58. The van der Waals surface area contributed by atoms with Crippen LogP contribution in [0, 0.1) is 0 Å². The molecule has 0 spiro atoms. The Morgan fingerprint density at radius 2 is 1.00 bits per heavy atom. The van der Waals surface area contributed by atoms with Gasteiger partial charge in [0.25, 0.3) is 0 Å². The van der Waals surface area contributed by atoms with Crippen LogP contribution in [0.15, 0.2) is 0 Å². The molecule has 0 bridgehead atoms. The number of rotatable bonds is 0. The van der Waals surface area contributed by atoms with Gasteiger partial charge in [0, 0.05) is 0 Å². The molecule has 0 heterocycles. The van der Waals surface area contributed by atoms with E-state index in [4.69, 9.17) is 0 Å². The zero-order valence-corrected chi connectivity index (χ0v) is 8.36. The summed E-state index contributed by atoms with van der Waals surface area (Å²) in [6, 6.07) is 0. The van der Waals surface area contributed by atoms with Crippen molar-refractivity contribution < 1.29 is 12.0 Å². The fraction of sp³-hybridized carbons (Fsp3) is 0. The second-order valence-electron chi connectivity index (χ2n) is 0.129. The molecule has 0 saturated heterocycles. The van der Waals surface area contributed by atoms with Crippen molar-refractivity contribution in [2.24, 2.45) is 0 Å². The molecule has 0 nitrogen and oxygen atoms in total. The maximum atomic E-state index is 3.25. The summed E-state index contributed by atoms with van der Waals surface area (Å²) >= 11 is 8.99. The standard InChI is InChI=1S/Au.3BrH/h;3*1H/q+3;;;/p-3. The third kappa shape index (κ3) is 8.89. The summed E-state index contributed by atoms with van der Waals surface area (Å²) in [5.41, 5.74) is 0. The van der Waals surface area contributed by atoms with E-state index in [0.717, 1.165) is 0 Å². The normalized spacial score (nSPS) is 11.2. The summed E-state index contributed by atoms with van der Waals surface area (Å²) in [6.07, 6.45) is 0. The molecule has 0 aromatic heterocycles. The Kier molecular flexibility index (Phi) is 5.21. The van der Waals surface area contributed by atoms with Crippen molar-refractivity contribution in [3.8, 4) is 0 Å². The Morgan fingerprint density at radius 1 is 1.00 bits per heavy atom. The Labute approximate surface area is 50.3 Å². The minimum absolute atomic E-state index is 0.766. The van der Waals surface area contributed by atoms with Gasteiger partial charge in [-0.3, -0.25) is 0 Å². The van der Waals surface area contributed by atoms with Gasteiger partial charge in [0.1, 0.15) is 0 Å². The van der Waals surface area contributed by atoms with Gasteiger partial charge in [0.15, 0.2) is 0 Å². The predicted molar refractivity (Wildman–Crippen MR) is 26.8 cm³/mol. The summed E-state index contributed by atoms with van der Waals surface area (Å²) in [5, 5.41) is 0. The molecule has 4 heavy (non-hydrogen) atoms. The van der Waals surface area contributed by atoms with E-state index in [1.54, 1.807) is 0 Å². The molecular weight excluding hydrogens is 437 g/mol. The molecule has 0 radical (unpaired) electrons. The molecule has 0 aliphatic rings. The van der Waals surface area contributed by atoms with E-state index in [-0.39, 0.29) is 0 Å². The van der Waals surface area contributed by atoms with Crippen molar-refractivity contribution in [3.05, 3.63) is 0 Å². The molecule has 0 atom stereocenters. The van der Waals surface area contributed by atoms with E-state index in [9.17, 15) is 0 Å². The molecule has 0 aromatic carbocycles. The zero-order valence-electron chi connectivity index (χ0n) is 1.44. The Hall–Kier alpha value is 2.18. The summed E-state index contributed by atoms with van der Waals surface area (Å²) in [7, 11) is 0. The topological polar surface area (TPSA) is 0 Å². The number of hydrogen-bond acceptors (Lipinski definition) is 0. The Morgan fingerprint density at radius 3 is 1.00 bits per heavy atom. The number of hydrogen-bond donors (Lipinski definition) is 0. The van der Waals surface area contributed by atoms with Crippen molar-refractivity contribution in [3.63, 3.8) is 0 Å². The van der Waals surface area contributed by atoms with Crippen molar-refractivity contribution in [1.29, 1.82) is 0 Å². The van der Waals surface area contributed by atoms with Crippen LogP contribution in [0.1, 0.15) is 0 Å². The van der Waals surface area contributed by atoms with Gasteiger partial charge < -0.3 is 0 Å². The van der Waals surface area contributed by atoms with Gasteiger partial charge in [-0.15, -0.1) is 0 Å². The first-order valence-electron chi connectivity index (χ1n) is 0.342. The van der Waals surface area contributed by atoms with Gasteiger partial charge >= 0.3 is 51.1 Å². The summed E-state index contributed by atoms with van der Waals surface area (Å²) in [6.45, 7) is 0. The fourth-order valence-electron chi connectivity index (χ4n) is 0. The first kappa shape index (κ1) is 6.18. The van der Waals surface area contributed by atoms with Gasteiger partial charge in [-0.25, -0.2) is 0 Å². The second-order valence-corrected chi connectivity index (χ2v) is 28.6. The average Bonchev–Trinajstić information content (AvgIpc) is 0.811. The van der Waals surface area contributed by atoms with Gasteiger partial charge in [0.2, 0.25) is 0 Å². The van der Waals surface area contributed by atoms with E-state index in [1.165, 1.54) is 0 Å². The maximum absolute atomic E-state index is 3.25. The molecule has 32 valence electrons. The van der Waals surface area contributed by atoms with Crippen LogP contribution in [-0.2, 0) is 12.0 Å². The Balaban J connectivity index is 2.32. The SMILES string of the molecule is [Br][Au]([Br])[Br]. The van der Waals surface area contributed by atoms with Crippen LogP contribution in [0.2, 0.25) is 0 Å². The van der Waals surface area contributed by atoms with Crippen molar-refractivity contribution >= 4 is 39.1 Å². The van der Waals surface area contributed by atoms with Crippen LogP contribution in [-0.4, -0.2) is 0 Å². The fourth-order valence-corrected chi connectivity index (χ4v) is 0. The van der Waals surface area contributed by atoms with Crippen LogP contribution in [0.4, 0.5) is 0 Å².